The van der Waals surface area contributed by atoms with E-state index < -0.39 is 0 Å². The smallest absolute Gasteiger partial charge is 0.150 e. The Morgan fingerprint density at radius 3 is 2.89 bits per heavy atom. The van der Waals surface area contributed by atoms with Gasteiger partial charge in [-0.15, -0.1) is 11.6 Å². The molecule has 0 bridgehead atoms. The molecule has 2 aromatic carbocycles. The van der Waals surface area contributed by atoms with E-state index in [1.165, 1.54) is 11.3 Å². The molecule has 3 atom stereocenters. The van der Waals surface area contributed by atoms with Gasteiger partial charge < -0.3 is 10.0 Å². The van der Waals surface area contributed by atoms with E-state index in [1.54, 1.807) is 0 Å². The number of nitrogens with zero attached hydrogens (tertiary/aromatic N) is 1. The Morgan fingerprint density at radius 2 is 2.04 bits per heavy atom. The number of fused-ring (bicyclic) bond motifs is 1. The molecule has 2 aromatic rings. The number of carbonyl (C=O) groups is 1. The quantitative estimate of drug-likeness (QED) is 0.581. The lowest BCUT2D eigenvalue weighted by atomic mass is 9.99. The SMILES string of the molecule is O=Cc1ccccc1CCCC1C(Cl)CCN1c1ccc2c(c1)CCC2O. The molecule has 0 spiro atoms. The second-order valence-corrected chi connectivity index (χ2v) is 8.27. The van der Waals surface area contributed by atoms with E-state index in [4.69, 9.17) is 11.6 Å². The van der Waals surface area contributed by atoms with Gasteiger partial charge in [0.15, 0.2) is 0 Å². The highest BCUT2D eigenvalue weighted by atomic mass is 35.5. The third-order valence-electron chi connectivity index (χ3n) is 6.10. The molecule has 142 valence electrons. The summed E-state index contributed by atoms with van der Waals surface area (Å²) in [6.07, 6.45) is 6.35. The number of carbonyl (C=O) groups excluding carboxylic acids is 1. The van der Waals surface area contributed by atoms with Crippen LogP contribution in [0.3, 0.4) is 0 Å². The number of aryl methyl sites for hydroxylation is 2. The number of anilines is 1. The maximum absolute atomic E-state index is 11.2. The number of hydrogen-bond acceptors (Lipinski definition) is 3. The Balaban J connectivity index is 1.44. The molecule has 1 aliphatic carbocycles. The zero-order valence-corrected chi connectivity index (χ0v) is 16.2. The summed E-state index contributed by atoms with van der Waals surface area (Å²) in [6.45, 7) is 0.977. The summed E-state index contributed by atoms with van der Waals surface area (Å²) in [7, 11) is 0. The van der Waals surface area contributed by atoms with Crippen LogP contribution < -0.4 is 4.90 Å². The van der Waals surface area contributed by atoms with Crippen LogP contribution in [0.25, 0.3) is 0 Å². The van der Waals surface area contributed by atoms with Crippen LogP contribution in [0.2, 0.25) is 0 Å². The lowest BCUT2D eigenvalue weighted by Gasteiger charge is -2.29. The van der Waals surface area contributed by atoms with Gasteiger partial charge in [0.2, 0.25) is 0 Å². The zero-order valence-electron chi connectivity index (χ0n) is 15.5. The van der Waals surface area contributed by atoms with Crippen molar-refractivity contribution < 1.29 is 9.90 Å². The molecule has 1 aliphatic heterocycles. The summed E-state index contributed by atoms with van der Waals surface area (Å²) in [4.78, 5) is 13.6. The largest absolute Gasteiger partial charge is 0.388 e. The molecule has 1 saturated heterocycles. The maximum atomic E-state index is 11.2. The predicted octanol–water partition coefficient (Wildman–Crippen LogP) is 4.69. The van der Waals surface area contributed by atoms with Crippen molar-refractivity contribution in [2.75, 3.05) is 11.4 Å². The minimum atomic E-state index is -0.304. The van der Waals surface area contributed by atoms with Gasteiger partial charge in [-0.2, -0.15) is 0 Å². The standard InChI is InChI=1S/C23H26ClNO2/c24-21-12-13-25(19-9-10-20-17(14-19)8-11-23(20)27)22(21)7-3-6-16-4-1-2-5-18(16)15-26/h1-2,4-5,9-10,14-15,21-23,27H,3,6-8,11-13H2. The highest BCUT2D eigenvalue weighted by Crippen LogP contribution is 2.37. The summed E-state index contributed by atoms with van der Waals surface area (Å²) in [6, 6.07) is 14.6. The fourth-order valence-electron chi connectivity index (χ4n) is 4.61. The first kappa shape index (κ1) is 18.5. The molecule has 0 aromatic heterocycles. The van der Waals surface area contributed by atoms with Gasteiger partial charge in [-0.1, -0.05) is 30.3 Å². The molecule has 4 heteroatoms. The fourth-order valence-corrected chi connectivity index (χ4v) is 4.97. The van der Waals surface area contributed by atoms with Crippen LogP contribution in [0.4, 0.5) is 5.69 Å². The Kier molecular flexibility index (Phi) is 5.51. The predicted molar refractivity (Wildman–Crippen MR) is 110 cm³/mol. The molecule has 27 heavy (non-hydrogen) atoms. The topological polar surface area (TPSA) is 40.5 Å². The van der Waals surface area contributed by atoms with Crippen LogP contribution in [-0.4, -0.2) is 29.4 Å². The molecule has 1 fully saturated rings. The van der Waals surface area contributed by atoms with E-state index in [0.29, 0.717) is 6.04 Å². The minimum Gasteiger partial charge on any atom is -0.388 e. The number of hydrogen-bond donors (Lipinski definition) is 1. The van der Waals surface area contributed by atoms with Crippen molar-refractivity contribution in [3.8, 4) is 0 Å². The molecule has 0 saturated carbocycles. The van der Waals surface area contributed by atoms with Crippen molar-refractivity contribution >= 4 is 23.6 Å². The van der Waals surface area contributed by atoms with Crippen molar-refractivity contribution in [3.05, 3.63) is 64.7 Å². The molecule has 3 unspecified atom stereocenters. The summed E-state index contributed by atoms with van der Waals surface area (Å²) in [5.74, 6) is 0. The van der Waals surface area contributed by atoms with Gasteiger partial charge in [-0.25, -0.2) is 0 Å². The van der Waals surface area contributed by atoms with Crippen LogP contribution in [0.15, 0.2) is 42.5 Å². The van der Waals surface area contributed by atoms with Crippen LogP contribution in [0, 0.1) is 0 Å². The number of aliphatic hydroxyl groups excluding tert-OH is 1. The first-order chi connectivity index (χ1) is 13.2. The molecule has 0 amide bonds. The van der Waals surface area contributed by atoms with Crippen molar-refractivity contribution in [2.24, 2.45) is 0 Å². The highest BCUT2D eigenvalue weighted by Gasteiger charge is 2.33. The summed E-state index contributed by atoms with van der Waals surface area (Å²) in [5.41, 5.74) is 5.50. The zero-order chi connectivity index (χ0) is 18.8. The van der Waals surface area contributed by atoms with Crippen LogP contribution in [0.5, 0.6) is 0 Å². The van der Waals surface area contributed by atoms with E-state index >= 15 is 0 Å². The fraction of sp³-hybridized carbons (Fsp3) is 0.435. The molecular formula is C23H26ClNO2. The van der Waals surface area contributed by atoms with Crippen LogP contribution >= 0.6 is 11.6 Å². The number of alkyl halides is 1. The number of benzene rings is 2. The number of rotatable bonds is 6. The van der Waals surface area contributed by atoms with E-state index in [-0.39, 0.29) is 11.5 Å². The number of aliphatic hydroxyl groups is 1. The maximum Gasteiger partial charge on any atom is 0.150 e. The van der Waals surface area contributed by atoms with Gasteiger partial charge in [-0.3, -0.25) is 4.79 Å². The Bertz CT molecular complexity index is 822. The number of aldehydes is 1. The van der Waals surface area contributed by atoms with Crippen molar-refractivity contribution in [1.82, 2.24) is 0 Å². The summed E-state index contributed by atoms with van der Waals surface area (Å²) in [5, 5.41) is 10.2. The van der Waals surface area contributed by atoms with Gasteiger partial charge in [0, 0.05) is 23.8 Å². The average molecular weight is 384 g/mol. The normalized spacial score (nSPS) is 24.2. The van der Waals surface area contributed by atoms with Gasteiger partial charge in [0.25, 0.3) is 0 Å². The minimum absolute atomic E-state index is 0.158. The Morgan fingerprint density at radius 1 is 1.19 bits per heavy atom. The van der Waals surface area contributed by atoms with Gasteiger partial charge in [0.05, 0.1) is 11.5 Å². The van der Waals surface area contributed by atoms with Crippen LogP contribution in [-0.2, 0) is 12.8 Å². The lowest BCUT2D eigenvalue weighted by molar-refractivity contribution is 0.112. The Hall–Kier alpha value is -1.84. The summed E-state index contributed by atoms with van der Waals surface area (Å²) >= 11 is 6.67. The number of halogens is 1. The van der Waals surface area contributed by atoms with E-state index in [0.717, 1.165) is 68.0 Å². The van der Waals surface area contributed by atoms with Gasteiger partial charge in [-0.05, 0) is 67.3 Å². The third-order valence-corrected chi connectivity index (χ3v) is 6.61. The molecule has 3 nitrogen and oxygen atoms in total. The third kappa shape index (κ3) is 3.76. The first-order valence-electron chi connectivity index (χ1n) is 9.92. The van der Waals surface area contributed by atoms with Crippen molar-refractivity contribution in [3.63, 3.8) is 0 Å². The van der Waals surface area contributed by atoms with E-state index in [9.17, 15) is 9.90 Å². The van der Waals surface area contributed by atoms with Crippen LogP contribution in [0.1, 0.15) is 58.8 Å². The van der Waals surface area contributed by atoms with Crippen molar-refractivity contribution in [1.29, 1.82) is 0 Å². The van der Waals surface area contributed by atoms with E-state index in [1.807, 2.05) is 24.3 Å². The molecular weight excluding hydrogens is 358 g/mol. The molecule has 4 rings (SSSR count). The summed E-state index contributed by atoms with van der Waals surface area (Å²) < 4.78 is 0. The average Bonchev–Trinajstić information content (AvgIpc) is 3.25. The monoisotopic (exact) mass is 383 g/mol. The lowest BCUT2D eigenvalue weighted by Crippen LogP contribution is -2.33. The first-order valence-corrected chi connectivity index (χ1v) is 10.4. The molecule has 0 radical (unpaired) electrons. The van der Waals surface area contributed by atoms with E-state index in [2.05, 4.69) is 23.1 Å². The molecule has 1 heterocycles. The van der Waals surface area contributed by atoms with Gasteiger partial charge >= 0.3 is 0 Å². The van der Waals surface area contributed by atoms with Gasteiger partial charge in [0.1, 0.15) is 6.29 Å². The second kappa shape index (κ2) is 8.04. The second-order valence-electron chi connectivity index (χ2n) is 7.71. The molecule has 1 N–H and O–H groups in total. The molecule has 2 aliphatic rings. The Labute approximate surface area is 166 Å². The van der Waals surface area contributed by atoms with Crippen molar-refractivity contribution in [2.45, 2.75) is 56.0 Å². The highest BCUT2D eigenvalue weighted by molar-refractivity contribution is 6.21.